The number of carboxylic acids is 1. The molecule has 94 valence electrons. The molecular weight excluding hydrogens is 236 g/mol. The van der Waals surface area contributed by atoms with Gasteiger partial charge in [0.15, 0.2) is 5.16 Å². The van der Waals surface area contributed by atoms with Crippen LogP contribution < -0.4 is 0 Å². The van der Waals surface area contributed by atoms with Crippen LogP contribution in [0.2, 0.25) is 0 Å². The van der Waals surface area contributed by atoms with E-state index in [0.29, 0.717) is 6.04 Å². The molecule has 2 rings (SSSR count). The number of imidazole rings is 1. The van der Waals surface area contributed by atoms with Crippen LogP contribution in [0, 0.1) is 5.92 Å². The van der Waals surface area contributed by atoms with Gasteiger partial charge >= 0.3 is 5.97 Å². The first-order valence-corrected chi connectivity index (χ1v) is 7.02. The van der Waals surface area contributed by atoms with E-state index in [2.05, 4.69) is 23.4 Å². The molecule has 0 spiro atoms. The second-order valence-electron chi connectivity index (χ2n) is 4.52. The summed E-state index contributed by atoms with van der Waals surface area (Å²) in [6.45, 7) is 4.32. The molecule has 4 nitrogen and oxygen atoms in total. The van der Waals surface area contributed by atoms with Crippen molar-refractivity contribution < 1.29 is 9.90 Å². The minimum Gasteiger partial charge on any atom is -0.481 e. The monoisotopic (exact) mass is 254 g/mol. The minimum atomic E-state index is -0.790. The Morgan fingerprint density at radius 3 is 2.94 bits per heavy atom. The van der Waals surface area contributed by atoms with E-state index >= 15 is 0 Å². The number of hydrogen-bond donors (Lipinski definition) is 1. The van der Waals surface area contributed by atoms with Crippen molar-refractivity contribution in [2.45, 2.75) is 44.3 Å². The van der Waals surface area contributed by atoms with E-state index in [9.17, 15) is 4.79 Å². The first-order valence-electron chi connectivity index (χ1n) is 6.04. The van der Waals surface area contributed by atoms with Crippen molar-refractivity contribution in [1.82, 2.24) is 9.55 Å². The van der Waals surface area contributed by atoms with Gasteiger partial charge in [-0.15, -0.1) is 0 Å². The Hall–Kier alpha value is -0.970. The lowest BCUT2D eigenvalue weighted by Gasteiger charge is -2.18. The quantitative estimate of drug-likeness (QED) is 0.793. The molecule has 1 aliphatic carbocycles. The van der Waals surface area contributed by atoms with Crippen LogP contribution >= 0.6 is 11.8 Å². The summed E-state index contributed by atoms with van der Waals surface area (Å²) in [4.78, 5) is 15.0. The molecule has 1 atom stereocenters. The van der Waals surface area contributed by atoms with Gasteiger partial charge in [-0.3, -0.25) is 4.79 Å². The van der Waals surface area contributed by atoms with Crippen molar-refractivity contribution in [3.8, 4) is 0 Å². The molecule has 0 saturated heterocycles. The third-order valence-corrected chi connectivity index (χ3v) is 4.19. The molecule has 1 N–H and O–H groups in total. The van der Waals surface area contributed by atoms with Crippen molar-refractivity contribution in [3.63, 3.8) is 0 Å². The average Bonchev–Trinajstić information content (AvgIpc) is 3.05. The summed E-state index contributed by atoms with van der Waals surface area (Å²) in [5.74, 6) is 0.0396. The van der Waals surface area contributed by atoms with Gasteiger partial charge in [0, 0.05) is 17.9 Å². The highest BCUT2D eigenvalue weighted by Crippen LogP contribution is 2.41. The van der Waals surface area contributed by atoms with Crippen molar-refractivity contribution in [1.29, 1.82) is 0 Å². The maximum absolute atomic E-state index is 10.6. The van der Waals surface area contributed by atoms with Crippen LogP contribution in [-0.4, -0.2) is 26.4 Å². The molecule has 1 aliphatic rings. The molecule has 0 aromatic carbocycles. The number of nitrogens with zero attached hydrogens (tertiary/aromatic N) is 2. The molecule has 1 aromatic heterocycles. The Morgan fingerprint density at radius 1 is 1.71 bits per heavy atom. The number of carbonyl (C=O) groups is 1. The van der Waals surface area contributed by atoms with Gasteiger partial charge in [0.05, 0.1) is 5.75 Å². The number of rotatable bonds is 6. The SMILES string of the molecule is CCc1cnc(SCC(=O)O)n1C(C)C1CC1. The van der Waals surface area contributed by atoms with Crippen LogP contribution in [-0.2, 0) is 11.2 Å². The van der Waals surface area contributed by atoms with Gasteiger partial charge < -0.3 is 9.67 Å². The molecule has 1 fully saturated rings. The topological polar surface area (TPSA) is 55.1 Å². The van der Waals surface area contributed by atoms with Gasteiger partial charge in [-0.2, -0.15) is 0 Å². The lowest BCUT2D eigenvalue weighted by molar-refractivity contribution is -0.133. The molecule has 0 amide bonds. The van der Waals surface area contributed by atoms with Crippen molar-refractivity contribution in [2.24, 2.45) is 5.92 Å². The average molecular weight is 254 g/mol. The van der Waals surface area contributed by atoms with Crippen LogP contribution in [0.25, 0.3) is 0 Å². The number of aliphatic carboxylic acids is 1. The second-order valence-corrected chi connectivity index (χ2v) is 5.46. The molecule has 1 unspecified atom stereocenters. The number of aromatic nitrogens is 2. The summed E-state index contributed by atoms with van der Waals surface area (Å²) in [6, 6.07) is 0.448. The minimum absolute atomic E-state index is 0.0809. The standard InChI is InChI=1S/C12H18N2O2S/c1-3-10-6-13-12(17-7-11(15)16)14(10)8(2)9-4-5-9/h6,8-9H,3-5,7H2,1-2H3,(H,15,16). The summed E-state index contributed by atoms with van der Waals surface area (Å²) < 4.78 is 2.23. The first-order chi connectivity index (χ1) is 8.13. The molecule has 1 aromatic rings. The smallest absolute Gasteiger partial charge is 0.313 e. The predicted octanol–water partition coefficient (Wildman–Crippen LogP) is 2.59. The van der Waals surface area contributed by atoms with Crippen molar-refractivity contribution in [3.05, 3.63) is 11.9 Å². The summed E-state index contributed by atoms with van der Waals surface area (Å²) in [6.07, 6.45) is 5.39. The summed E-state index contributed by atoms with van der Waals surface area (Å²) >= 11 is 1.32. The molecule has 17 heavy (non-hydrogen) atoms. The molecule has 0 radical (unpaired) electrons. The summed E-state index contributed by atoms with van der Waals surface area (Å²) in [7, 11) is 0. The first kappa shape index (κ1) is 12.5. The van der Waals surface area contributed by atoms with Crippen molar-refractivity contribution >= 4 is 17.7 Å². The van der Waals surface area contributed by atoms with E-state index in [1.165, 1.54) is 30.3 Å². The van der Waals surface area contributed by atoms with Gasteiger partial charge in [-0.1, -0.05) is 18.7 Å². The second kappa shape index (κ2) is 5.12. The molecule has 1 heterocycles. The Morgan fingerprint density at radius 2 is 2.41 bits per heavy atom. The van der Waals surface area contributed by atoms with Crippen LogP contribution in [0.4, 0.5) is 0 Å². The number of thioether (sulfide) groups is 1. The van der Waals surface area contributed by atoms with Gasteiger partial charge in [0.2, 0.25) is 0 Å². The highest BCUT2D eigenvalue weighted by molar-refractivity contribution is 7.99. The lowest BCUT2D eigenvalue weighted by atomic mass is 10.2. The van der Waals surface area contributed by atoms with Crippen molar-refractivity contribution in [2.75, 3.05) is 5.75 Å². The van der Waals surface area contributed by atoms with Gasteiger partial charge in [-0.25, -0.2) is 4.98 Å². The normalized spacial score (nSPS) is 17.1. The van der Waals surface area contributed by atoms with Crippen LogP contribution in [0.5, 0.6) is 0 Å². The van der Waals surface area contributed by atoms with Crippen LogP contribution in [0.15, 0.2) is 11.4 Å². The lowest BCUT2D eigenvalue weighted by Crippen LogP contribution is -2.12. The van der Waals surface area contributed by atoms with E-state index in [-0.39, 0.29) is 5.75 Å². The Bertz CT molecular complexity index is 413. The maximum Gasteiger partial charge on any atom is 0.313 e. The summed E-state index contributed by atoms with van der Waals surface area (Å²) in [5, 5.41) is 9.58. The molecule has 1 saturated carbocycles. The highest BCUT2D eigenvalue weighted by Gasteiger charge is 2.31. The van der Waals surface area contributed by atoms with Crippen LogP contribution in [0.3, 0.4) is 0 Å². The Kier molecular flexibility index (Phi) is 3.76. The third kappa shape index (κ3) is 2.83. The van der Waals surface area contributed by atoms with E-state index in [1.807, 2.05) is 6.20 Å². The zero-order valence-corrected chi connectivity index (χ0v) is 11.0. The molecular formula is C12H18N2O2S. The number of hydrogen-bond acceptors (Lipinski definition) is 3. The zero-order chi connectivity index (χ0) is 12.4. The van der Waals surface area contributed by atoms with Crippen LogP contribution in [0.1, 0.15) is 38.4 Å². The Balaban J connectivity index is 2.18. The predicted molar refractivity (Wildman–Crippen MR) is 67.4 cm³/mol. The fourth-order valence-corrected chi connectivity index (χ4v) is 2.90. The maximum atomic E-state index is 10.6. The molecule has 5 heteroatoms. The van der Waals surface area contributed by atoms with Gasteiger partial charge in [0.1, 0.15) is 0 Å². The fraction of sp³-hybridized carbons (Fsp3) is 0.667. The number of carboxylic acid groups (broad SMARTS) is 1. The zero-order valence-electron chi connectivity index (χ0n) is 10.2. The van der Waals surface area contributed by atoms with Gasteiger partial charge in [0.25, 0.3) is 0 Å². The van der Waals surface area contributed by atoms with E-state index in [1.54, 1.807) is 0 Å². The third-order valence-electron chi connectivity index (χ3n) is 3.24. The van der Waals surface area contributed by atoms with E-state index in [4.69, 9.17) is 5.11 Å². The van der Waals surface area contributed by atoms with E-state index in [0.717, 1.165) is 17.5 Å². The number of aryl methyl sites for hydroxylation is 1. The van der Waals surface area contributed by atoms with E-state index < -0.39 is 5.97 Å². The fourth-order valence-electron chi connectivity index (χ4n) is 2.10. The largest absolute Gasteiger partial charge is 0.481 e. The Labute approximate surface area is 105 Å². The molecule has 0 bridgehead atoms. The molecule has 0 aliphatic heterocycles. The highest BCUT2D eigenvalue weighted by atomic mass is 32.2. The van der Waals surface area contributed by atoms with Gasteiger partial charge in [-0.05, 0) is 32.1 Å². The summed E-state index contributed by atoms with van der Waals surface area (Å²) in [5.41, 5.74) is 1.21.